The third-order valence-electron chi connectivity index (χ3n) is 2.17. The molecule has 0 unspecified atom stereocenters. The van der Waals surface area contributed by atoms with Crippen LogP contribution in [0.3, 0.4) is 0 Å². The number of rotatable bonds is 5. The van der Waals surface area contributed by atoms with Gasteiger partial charge < -0.3 is 5.11 Å². The first-order valence-corrected chi connectivity index (χ1v) is 7.05. The van der Waals surface area contributed by atoms with Gasteiger partial charge in [-0.05, 0) is 12.1 Å². The third kappa shape index (κ3) is 3.87. The SMILES string of the molecule is CC(=O)c1ccc(Sc2nc(CC(=O)O)cs2)cn1. The number of pyridine rings is 1. The van der Waals surface area contributed by atoms with Crippen LogP contribution in [-0.2, 0) is 11.2 Å². The molecule has 5 nitrogen and oxygen atoms in total. The maximum Gasteiger partial charge on any atom is 0.309 e. The highest BCUT2D eigenvalue weighted by molar-refractivity contribution is 8.01. The highest BCUT2D eigenvalue weighted by Crippen LogP contribution is 2.30. The van der Waals surface area contributed by atoms with E-state index in [4.69, 9.17) is 5.11 Å². The number of Topliss-reactive ketones (excluding diaryl/α,β-unsaturated/α-hetero) is 1. The molecule has 0 amide bonds. The third-order valence-corrected chi connectivity index (χ3v) is 4.13. The summed E-state index contributed by atoms with van der Waals surface area (Å²) < 4.78 is 0.758. The molecule has 0 aromatic carbocycles. The second-order valence-corrected chi connectivity index (χ2v) is 5.89. The van der Waals surface area contributed by atoms with Crippen molar-refractivity contribution in [3.8, 4) is 0 Å². The summed E-state index contributed by atoms with van der Waals surface area (Å²) in [5.74, 6) is -0.969. The molecule has 2 aromatic heterocycles. The average Bonchev–Trinajstić information content (AvgIpc) is 2.76. The van der Waals surface area contributed by atoms with E-state index >= 15 is 0 Å². The van der Waals surface area contributed by atoms with Crippen molar-refractivity contribution < 1.29 is 14.7 Å². The van der Waals surface area contributed by atoms with Gasteiger partial charge in [0.25, 0.3) is 0 Å². The molecule has 0 fully saturated rings. The number of carbonyl (C=O) groups is 2. The predicted octanol–water partition coefficient (Wildman–Crippen LogP) is 2.52. The zero-order valence-electron chi connectivity index (χ0n) is 9.99. The maximum atomic E-state index is 11.1. The number of thiazole rings is 1. The minimum atomic E-state index is -0.894. The molecule has 19 heavy (non-hydrogen) atoms. The fourth-order valence-corrected chi connectivity index (χ4v) is 3.10. The highest BCUT2D eigenvalue weighted by atomic mass is 32.2. The first kappa shape index (κ1) is 13.7. The topological polar surface area (TPSA) is 80.2 Å². The zero-order chi connectivity index (χ0) is 13.8. The minimum absolute atomic E-state index is 0.0708. The van der Waals surface area contributed by atoms with Gasteiger partial charge in [0, 0.05) is 23.4 Å². The van der Waals surface area contributed by atoms with Crippen molar-refractivity contribution in [2.45, 2.75) is 22.6 Å². The fraction of sp³-hybridized carbons (Fsp3) is 0.167. The molecule has 0 atom stereocenters. The van der Waals surface area contributed by atoms with Crippen LogP contribution in [0.25, 0.3) is 0 Å². The second-order valence-electron chi connectivity index (χ2n) is 3.71. The smallest absolute Gasteiger partial charge is 0.309 e. The van der Waals surface area contributed by atoms with Crippen LogP contribution in [0.2, 0.25) is 0 Å². The minimum Gasteiger partial charge on any atom is -0.481 e. The summed E-state index contributed by atoms with van der Waals surface area (Å²) in [6, 6.07) is 3.46. The molecule has 0 bridgehead atoms. The number of carboxylic acid groups (broad SMARTS) is 1. The molecule has 2 aromatic rings. The van der Waals surface area contributed by atoms with Gasteiger partial charge in [-0.25, -0.2) is 4.98 Å². The predicted molar refractivity (Wildman–Crippen MR) is 71.8 cm³/mol. The van der Waals surface area contributed by atoms with Crippen molar-refractivity contribution >= 4 is 34.9 Å². The van der Waals surface area contributed by atoms with E-state index in [1.165, 1.54) is 30.0 Å². The number of ketones is 1. The zero-order valence-corrected chi connectivity index (χ0v) is 11.6. The number of aromatic nitrogens is 2. The van der Waals surface area contributed by atoms with Crippen LogP contribution in [0.4, 0.5) is 0 Å². The number of aliphatic carboxylic acids is 1. The van der Waals surface area contributed by atoms with Crippen LogP contribution in [-0.4, -0.2) is 26.8 Å². The Morgan fingerprint density at radius 3 is 2.79 bits per heavy atom. The molecule has 0 spiro atoms. The Balaban J connectivity index is 2.06. The summed E-state index contributed by atoms with van der Waals surface area (Å²) in [7, 11) is 0. The molecule has 2 rings (SSSR count). The van der Waals surface area contributed by atoms with Gasteiger partial charge in [-0.3, -0.25) is 14.6 Å². The lowest BCUT2D eigenvalue weighted by Gasteiger charge is -1.98. The van der Waals surface area contributed by atoms with E-state index in [0.717, 1.165) is 9.24 Å². The second kappa shape index (κ2) is 5.94. The molecule has 0 saturated carbocycles. The van der Waals surface area contributed by atoms with Crippen LogP contribution < -0.4 is 0 Å². The standard InChI is InChI=1S/C12H10N2O3S2/c1-7(15)10-3-2-9(5-13-10)19-12-14-8(6-18-12)4-11(16)17/h2-3,5-6H,4H2,1H3,(H,16,17). The van der Waals surface area contributed by atoms with Crippen molar-refractivity contribution in [2.24, 2.45) is 0 Å². The van der Waals surface area contributed by atoms with Gasteiger partial charge >= 0.3 is 5.97 Å². The number of nitrogens with zero attached hydrogens (tertiary/aromatic N) is 2. The summed E-state index contributed by atoms with van der Waals surface area (Å²) in [5, 5.41) is 10.4. The largest absolute Gasteiger partial charge is 0.481 e. The normalized spacial score (nSPS) is 10.4. The lowest BCUT2D eigenvalue weighted by molar-refractivity contribution is -0.136. The average molecular weight is 294 g/mol. The monoisotopic (exact) mass is 294 g/mol. The van der Waals surface area contributed by atoms with E-state index < -0.39 is 5.97 Å². The molecular formula is C12H10N2O3S2. The molecule has 98 valence electrons. The van der Waals surface area contributed by atoms with Crippen molar-refractivity contribution in [3.05, 3.63) is 35.1 Å². The molecule has 2 heterocycles. The lowest BCUT2D eigenvalue weighted by Crippen LogP contribution is -1.99. The Bertz CT molecular complexity index is 608. The van der Waals surface area contributed by atoms with E-state index in [9.17, 15) is 9.59 Å². The molecule has 0 aliphatic rings. The van der Waals surface area contributed by atoms with Gasteiger partial charge in [0.15, 0.2) is 10.1 Å². The Hall–Kier alpha value is -1.73. The van der Waals surface area contributed by atoms with E-state index in [0.29, 0.717) is 11.4 Å². The van der Waals surface area contributed by atoms with Gasteiger partial charge in [-0.2, -0.15) is 0 Å². The van der Waals surface area contributed by atoms with Crippen LogP contribution in [0.15, 0.2) is 32.9 Å². The Labute approximate surface area is 117 Å². The van der Waals surface area contributed by atoms with Crippen LogP contribution in [0.5, 0.6) is 0 Å². The molecule has 1 N–H and O–H groups in total. The number of hydrogen-bond donors (Lipinski definition) is 1. The lowest BCUT2D eigenvalue weighted by atomic mass is 10.3. The number of hydrogen-bond acceptors (Lipinski definition) is 6. The van der Waals surface area contributed by atoms with Crippen molar-refractivity contribution in [2.75, 3.05) is 0 Å². The molecule has 0 aliphatic carbocycles. The quantitative estimate of drug-likeness (QED) is 0.853. The number of carbonyl (C=O) groups excluding carboxylic acids is 1. The van der Waals surface area contributed by atoms with Crippen LogP contribution in [0.1, 0.15) is 23.1 Å². The Morgan fingerprint density at radius 1 is 1.42 bits per heavy atom. The van der Waals surface area contributed by atoms with Crippen molar-refractivity contribution in [1.82, 2.24) is 9.97 Å². The Morgan fingerprint density at radius 2 is 2.21 bits per heavy atom. The summed E-state index contributed by atoms with van der Waals surface area (Å²) in [6.45, 7) is 1.47. The van der Waals surface area contributed by atoms with Gasteiger partial charge in [0.2, 0.25) is 0 Å². The van der Waals surface area contributed by atoms with Crippen molar-refractivity contribution in [1.29, 1.82) is 0 Å². The van der Waals surface area contributed by atoms with Crippen LogP contribution >= 0.6 is 23.1 Å². The molecule has 0 saturated heterocycles. The first-order chi connectivity index (χ1) is 9.04. The summed E-state index contributed by atoms with van der Waals surface area (Å²) >= 11 is 2.79. The van der Waals surface area contributed by atoms with E-state index in [-0.39, 0.29) is 12.2 Å². The van der Waals surface area contributed by atoms with Gasteiger partial charge in [0.05, 0.1) is 12.1 Å². The molecule has 0 aliphatic heterocycles. The fourth-order valence-electron chi connectivity index (χ4n) is 1.32. The maximum absolute atomic E-state index is 11.1. The number of carboxylic acids is 1. The van der Waals surface area contributed by atoms with E-state index in [1.807, 2.05) is 0 Å². The summed E-state index contributed by atoms with van der Waals surface area (Å²) in [6.07, 6.45) is 1.54. The molecule has 0 radical (unpaired) electrons. The molecule has 7 heteroatoms. The van der Waals surface area contributed by atoms with Gasteiger partial charge in [0.1, 0.15) is 5.69 Å². The van der Waals surface area contributed by atoms with E-state index in [1.54, 1.807) is 23.7 Å². The Kier molecular flexibility index (Phi) is 4.28. The van der Waals surface area contributed by atoms with E-state index in [2.05, 4.69) is 9.97 Å². The van der Waals surface area contributed by atoms with Gasteiger partial charge in [-0.1, -0.05) is 11.8 Å². The van der Waals surface area contributed by atoms with Crippen LogP contribution in [0, 0.1) is 0 Å². The summed E-state index contributed by atoms with van der Waals surface area (Å²) in [5.41, 5.74) is 0.975. The summed E-state index contributed by atoms with van der Waals surface area (Å²) in [4.78, 5) is 30.8. The van der Waals surface area contributed by atoms with Gasteiger partial charge in [-0.15, -0.1) is 11.3 Å². The highest BCUT2D eigenvalue weighted by Gasteiger charge is 2.08. The first-order valence-electron chi connectivity index (χ1n) is 5.35. The molecular weight excluding hydrogens is 284 g/mol. The van der Waals surface area contributed by atoms with Crippen molar-refractivity contribution in [3.63, 3.8) is 0 Å².